The highest BCUT2D eigenvalue weighted by atomic mass is 16.6. The molecular weight excluding hydrogens is 526 g/mol. The fourth-order valence-corrected chi connectivity index (χ4v) is 6.56. The van der Waals surface area contributed by atoms with Crippen LogP contribution in [0.2, 0.25) is 0 Å². The highest BCUT2D eigenvalue weighted by Gasteiger charge is 2.72. The summed E-state index contributed by atoms with van der Waals surface area (Å²) in [5.74, 6) is -2.33. The molecule has 0 saturated carbocycles. The summed E-state index contributed by atoms with van der Waals surface area (Å²) in [5, 5.41) is 0. The lowest BCUT2D eigenvalue weighted by molar-refractivity contribution is -0.155. The van der Waals surface area contributed by atoms with Crippen LogP contribution in [0.1, 0.15) is 52.1 Å². The van der Waals surface area contributed by atoms with E-state index in [0.29, 0.717) is 11.3 Å². The molecule has 41 heavy (non-hydrogen) atoms. The third-order valence-electron chi connectivity index (χ3n) is 8.46. The Labute approximate surface area is 235 Å². The second-order valence-corrected chi connectivity index (χ2v) is 11.1. The average Bonchev–Trinajstić information content (AvgIpc) is 3.61. The number of nitrogens with zero attached hydrogens (tertiary/aromatic N) is 3. The molecule has 7 rings (SSSR count). The minimum absolute atomic E-state index is 0.0232. The second-order valence-electron chi connectivity index (χ2n) is 11.1. The van der Waals surface area contributed by atoms with Gasteiger partial charge in [0.05, 0.1) is 16.8 Å². The number of rotatable bonds is 3. The van der Waals surface area contributed by atoms with E-state index in [0.717, 1.165) is 10.5 Å². The molecule has 0 unspecified atom stereocenters. The molecule has 2 saturated heterocycles. The van der Waals surface area contributed by atoms with Gasteiger partial charge in [-0.1, -0.05) is 60.7 Å². The average molecular weight is 552 g/mol. The van der Waals surface area contributed by atoms with Crippen molar-refractivity contribution < 1.29 is 33.4 Å². The molecule has 2 fully saturated rings. The van der Waals surface area contributed by atoms with Crippen molar-refractivity contribution in [3.05, 3.63) is 101 Å². The van der Waals surface area contributed by atoms with E-state index in [4.69, 9.17) is 9.47 Å². The predicted molar refractivity (Wildman–Crippen MR) is 143 cm³/mol. The van der Waals surface area contributed by atoms with Crippen LogP contribution in [0.25, 0.3) is 0 Å². The molecule has 0 radical (unpaired) electrons. The molecule has 206 valence electrons. The maximum absolute atomic E-state index is 13.9. The van der Waals surface area contributed by atoms with Gasteiger partial charge in [-0.05, 0) is 37.6 Å². The van der Waals surface area contributed by atoms with Gasteiger partial charge in [-0.2, -0.15) is 0 Å². The van der Waals surface area contributed by atoms with Gasteiger partial charge in [-0.3, -0.25) is 29.1 Å². The first kappa shape index (κ1) is 25.0. The number of amides is 4. The molecule has 3 aromatic rings. The van der Waals surface area contributed by atoms with E-state index < -0.39 is 47.2 Å². The van der Waals surface area contributed by atoms with Gasteiger partial charge in [0.15, 0.2) is 11.8 Å². The van der Waals surface area contributed by atoms with Gasteiger partial charge in [0.2, 0.25) is 0 Å². The number of anilines is 1. The maximum Gasteiger partial charge on any atom is 0.412 e. The maximum atomic E-state index is 13.9. The Morgan fingerprint density at radius 1 is 0.854 bits per heavy atom. The van der Waals surface area contributed by atoms with Crippen molar-refractivity contribution in [1.29, 1.82) is 0 Å². The number of para-hydroxylation sites is 1. The second kappa shape index (κ2) is 8.50. The summed E-state index contributed by atoms with van der Waals surface area (Å²) >= 11 is 0. The van der Waals surface area contributed by atoms with Crippen LogP contribution >= 0.6 is 0 Å². The Balaban J connectivity index is 1.30. The Bertz CT molecular complexity index is 1630. The van der Waals surface area contributed by atoms with Crippen LogP contribution in [0, 0.1) is 0 Å². The number of ether oxygens (including phenoxy) is 2. The summed E-state index contributed by atoms with van der Waals surface area (Å²) in [6.45, 7) is 3.21. The molecule has 4 amide bonds. The minimum atomic E-state index is -1.54. The predicted octanol–water partition coefficient (Wildman–Crippen LogP) is 3.60. The number of esters is 1. The van der Waals surface area contributed by atoms with E-state index in [9.17, 15) is 24.0 Å². The molecule has 3 atom stereocenters. The lowest BCUT2D eigenvalue weighted by Crippen LogP contribution is -2.56. The van der Waals surface area contributed by atoms with E-state index >= 15 is 0 Å². The first-order valence-electron chi connectivity index (χ1n) is 13.3. The smallest absolute Gasteiger partial charge is 0.412 e. The zero-order valence-corrected chi connectivity index (χ0v) is 22.3. The molecular formula is C31H25N3O7. The Morgan fingerprint density at radius 3 is 2.15 bits per heavy atom. The number of hydrogen-bond donors (Lipinski definition) is 0. The van der Waals surface area contributed by atoms with Gasteiger partial charge in [-0.25, -0.2) is 9.59 Å². The van der Waals surface area contributed by atoms with Crippen molar-refractivity contribution in [3.63, 3.8) is 0 Å². The first-order valence-corrected chi connectivity index (χ1v) is 13.3. The van der Waals surface area contributed by atoms with Crippen molar-refractivity contribution >= 4 is 35.5 Å². The van der Waals surface area contributed by atoms with E-state index in [2.05, 4.69) is 0 Å². The Kier molecular flexibility index (Phi) is 5.19. The van der Waals surface area contributed by atoms with Crippen LogP contribution in [0.5, 0.6) is 0 Å². The summed E-state index contributed by atoms with van der Waals surface area (Å²) in [6, 6.07) is 21.2. The highest BCUT2D eigenvalue weighted by molar-refractivity contribution is 6.23. The lowest BCUT2D eigenvalue weighted by atomic mass is 9.87. The zero-order valence-electron chi connectivity index (χ0n) is 22.3. The zero-order chi connectivity index (χ0) is 28.7. The van der Waals surface area contributed by atoms with Crippen LogP contribution in [0.15, 0.2) is 78.9 Å². The summed E-state index contributed by atoms with van der Waals surface area (Å²) in [5.41, 5.74) is -0.691. The summed E-state index contributed by atoms with van der Waals surface area (Å²) < 4.78 is 11.8. The van der Waals surface area contributed by atoms with E-state index in [1.54, 1.807) is 62.4 Å². The molecule has 4 aliphatic heterocycles. The number of carbonyl (C=O) groups is 5. The fraction of sp³-hybridized carbons (Fsp3) is 0.258. The molecule has 4 heterocycles. The van der Waals surface area contributed by atoms with Crippen LogP contribution in [-0.2, 0) is 31.3 Å². The van der Waals surface area contributed by atoms with Crippen molar-refractivity contribution in [2.75, 3.05) is 4.90 Å². The van der Waals surface area contributed by atoms with Crippen molar-refractivity contribution in [1.82, 2.24) is 9.80 Å². The van der Waals surface area contributed by atoms with Crippen molar-refractivity contribution in [3.8, 4) is 0 Å². The number of hydrogen-bond acceptors (Lipinski definition) is 7. The third-order valence-corrected chi connectivity index (χ3v) is 8.46. The molecule has 4 aliphatic rings. The summed E-state index contributed by atoms with van der Waals surface area (Å²) in [6.07, 6.45) is -1.98. The fourth-order valence-electron chi connectivity index (χ4n) is 6.56. The molecule has 10 heteroatoms. The van der Waals surface area contributed by atoms with Crippen molar-refractivity contribution in [2.45, 2.75) is 50.2 Å². The SMILES string of the molecule is CC1(C)C(=O)N2c3ccccc3[C@]3(C[C@H](N4C(=O)c5ccccc5C4=O)C(=O)O3)[C@H]2N1C(=O)OCc1ccccc1. The van der Waals surface area contributed by atoms with Crippen LogP contribution < -0.4 is 4.90 Å². The molecule has 1 spiro atoms. The molecule has 3 aromatic carbocycles. The van der Waals surface area contributed by atoms with E-state index in [-0.39, 0.29) is 30.1 Å². The van der Waals surface area contributed by atoms with Gasteiger partial charge >= 0.3 is 12.1 Å². The minimum Gasteiger partial charge on any atom is -0.448 e. The number of imide groups is 1. The van der Waals surface area contributed by atoms with Crippen LogP contribution in [0.4, 0.5) is 10.5 Å². The van der Waals surface area contributed by atoms with E-state index in [1.165, 1.54) is 9.80 Å². The van der Waals surface area contributed by atoms with Crippen LogP contribution in [-0.4, -0.2) is 57.3 Å². The highest BCUT2D eigenvalue weighted by Crippen LogP contribution is 2.58. The van der Waals surface area contributed by atoms with E-state index in [1.807, 2.05) is 30.3 Å². The normalized spacial score (nSPS) is 25.5. The van der Waals surface area contributed by atoms with Gasteiger partial charge in [-0.15, -0.1) is 0 Å². The first-order chi connectivity index (χ1) is 19.7. The van der Waals surface area contributed by atoms with Gasteiger partial charge in [0, 0.05) is 12.0 Å². The van der Waals surface area contributed by atoms with Crippen molar-refractivity contribution in [2.24, 2.45) is 0 Å². The number of carbonyl (C=O) groups excluding carboxylic acids is 5. The monoisotopic (exact) mass is 551 g/mol. The molecule has 0 bridgehead atoms. The topological polar surface area (TPSA) is 114 Å². The third kappa shape index (κ3) is 3.27. The number of benzene rings is 3. The Hall–Kier alpha value is -4.99. The van der Waals surface area contributed by atoms with Gasteiger partial charge in [0.1, 0.15) is 18.2 Å². The molecule has 0 aromatic heterocycles. The largest absolute Gasteiger partial charge is 0.448 e. The summed E-state index contributed by atoms with van der Waals surface area (Å²) in [7, 11) is 0. The van der Waals surface area contributed by atoms with Crippen LogP contribution in [0.3, 0.4) is 0 Å². The number of fused-ring (bicyclic) bond motifs is 6. The summed E-state index contributed by atoms with van der Waals surface area (Å²) in [4.78, 5) is 71.6. The standard InChI is InChI=1S/C31H25N3O7/c1-30(2)28(38)33-22-15-9-8-14-21(22)31(27(33)34(30)29(39)40-17-18-10-4-3-5-11-18)16-23(26(37)41-31)32-24(35)19-12-6-7-13-20(19)25(32)36/h3-15,23,27H,16-17H2,1-2H3/t23-,27+,31+/m0/s1. The quantitative estimate of drug-likeness (QED) is 0.361. The Morgan fingerprint density at radius 2 is 1.46 bits per heavy atom. The lowest BCUT2D eigenvalue weighted by Gasteiger charge is -2.38. The molecule has 10 nitrogen and oxygen atoms in total. The van der Waals surface area contributed by atoms with Gasteiger partial charge < -0.3 is 9.47 Å². The van der Waals surface area contributed by atoms with Gasteiger partial charge in [0.25, 0.3) is 17.7 Å². The molecule has 0 N–H and O–H groups in total. The molecule has 0 aliphatic carbocycles.